The van der Waals surface area contributed by atoms with E-state index < -0.39 is 5.97 Å². The Kier molecular flexibility index (Phi) is 3.10. The van der Waals surface area contributed by atoms with Crippen molar-refractivity contribution in [2.45, 2.75) is 26.4 Å². The van der Waals surface area contributed by atoms with E-state index >= 15 is 0 Å². The highest BCUT2D eigenvalue weighted by molar-refractivity contribution is 5.85. The van der Waals surface area contributed by atoms with Crippen LogP contribution in [0.2, 0.25) is 0 Å². The van der Waals surface area contributed by atoms with Crippen LogP contribution in [0, 0.1) is 0 Å². The number of aromatic carboxylic acids is 1. The number of fused-ring (bicyclic) bond motifs is 1. The number of carboxylic acid groups (broad SMARTS) is 1. The van der Waals surface area contributed by atoms with Crippen LogP contribution in [-0.2, 0) is 6.54 Å². The number of carboxylic acids is 1. The van der Waals surface area contributed by atoms with E-state index in [2.05, 4.69) is 10.3 Å². The van der Waals surface area contributed by atoms with Gasteiger partial charge in [-0.15, -0.1) is 0 Å². The van der Waals surface area contributed by atoms with Gasteiger partial charge in [0.1, 0.15) is 0 Å². The van der Waals surface area contributed by atoms with Crippen molar-refractivity contribution in [2.75, 3.05) is 0 Å². The summed E-state index contributed by atoms with van der Waals surface area (Å²) < 4.78 is 1.60. The van der Waals surface area contributed by atoms with Gasteiger partial charge in [-0.3, -0.25) is 4.40 Å². The maximum Gasteiger partial charge on any atom is 0.372 e. The van der Waals surface area contributed by atoms with Crippen molar-refractivity contribution in [3.05, 3.63) is 35.9 Å². The number of aromatic nitrogens is 2. The van der Waals surface area contributed by atoms with Crippen molar-refractivity contribution in [2.24, 2.45) is 0 Å². The third kappa shape index (κ3) is 2.29. The molecule has 0 unspecified atom stereocenters. The summed E-state index contributed by atoms with van der Waals surface area (Å²) in [5.74, 6) is -0.955. The molecule has 5 heteroatoms. The summed E-state index contributed by atoms with van der Waals surface area (Å²) in [6.45, 7) is 4.64. The van der Waals surface area contributed by atoms with Crippen LogP contribution in [0.5, 0.6) is 0 Å². The lowest BCUT2D eigenvalue weighted by Gasteiger charge is -2.05. The minimum Gasteiger partial charge on any atom is -0.475 e. The van der Waals surface area contributed by atoms with Gasteiger partial charge in [-0.25, -0.2) is 9.78 Å². The molecule has 2 heterocycles. The summed E-state index contributed by atoms with van der Waals surface area (Å²) in [4.78, 5) is 15.2. The van der Waals surface area contributed by atoms with Crippen molar-refractivity contribution >= 4 is 11.5 Å². The third-order valence-electron chi connectivity index (χ3n) is 2.49. The molecule has 2 aromatic heterocycles. The highest BCUT2D eigenvalue weighted by Crippen LogP contribution is 2.13. The van der Waals surface area contributed by atoms with Crippen molar-refractivity contribution < 1.29 is 9.90 Å². The second kappa shape index (κ2) is 4.55. The first-order valence-electron chi connectivity index (χ1n) is 5.52. The summed E-state index contributed by atoms with van der Waals surface area (Å²) >= 11 is 0. The van der Waals surface area contributed by atoms with E-state index in [9.17, 15) is 4.79 Å². The minimum absolute atomic E-state index is 0.0566. The summed E-state index contributed by atoms with van der Waals surface area (Å²) in [5, 5.41) is 12.3. The van der Waals surface area contributed by atoms with Crippen LogP contribution >= 0.6 is 0 Å². The average molecular weight is 233 g/mol. The molecule has 17 heavy (non-hydrogen) atoms. The largest absolute Gasteiger partial charge is 0.475 e. The maximum atomic E-state index is 11.1. The zero-order valence-electron chi connectivity index (χ0n) is 9.84. The third-order valence-corrected chi connectivity index (χ3v) is 2.49. The van der Waals surface area contributed by atoms with Gasteiger partial charge in [0.15, 0.2) is 0 Å². The average Bonchev–Trinajstić information content (AvgIpc) is 2.65. The predicted molar refractivity (Wildman–Crippen MR) is 64.1 cm³/mol. The molecular weight excluding hydrogens is 218 g/mol. The van der Waals surface area contributed by atoms with Crippen molar-refractivity contribution in [1.82, 2.24) is 14.7 Å². The summed E-state index contributed by atoms with van der Waals surface area (Å²) in [7, 11) is 0. The van der Waals surface area contributed by atoms with E-state index in [1.165, 1.54) is 0 Å². The van der Waals surface area contributed by atoms with Crippen molar-refractivity contribution in [1.29, 1.82) is 0 Å². The fourth-order valence-electron chi connectivity index (χ4n) is 1.68. The predicted octanol–water partition coefficient (Wildman–Crippen LogP) is 1.53. The lowest BCUT2D eigenvalue weighted by atomic mass is 10.3. The smallest absolute Gasteiger partial charge is 0.372 e. The molecule has 0 bridgehead atoms. The monoisotopic (exact) mass is 233 g/mol. The molecule has 0 aliphatic heterocycles. The second-order valence-electron chi connectivity index (χ2n) is 4.18. The summed E-state index contributed by atoms with van der Waals surface area (Å²) in [5.41, 5.74) is 1.59. The maximum absolute atomic E-state index is 11.1. The normalized spacial score (nSPS) is 11.2. The zero-order chi connectivity index (χ0) is 12.4. The number of imidazole rings is 1. The Bertz CT molecular complexity index is 546. The van der Waals surface area contributed by atoms with E-state index in [1.807, 2.05) is 26.0 Å². The number of nitrogens with zero attached hydrogens (tertiary/aromatic N) is 2. The van der Waals surface area contributed by atoms with E-state index in [0.717, 1.165) is 11.2 Å². The van der Waals surface area contributed by atoms with Crippen LogP contribution < -0.4 is 5.32 Å². The highest BCUT2D eigenvalue weighted by atomic mass is 16.4. The SMILES string of the molecule is CC(C)NCc1nc(C(=O)O)n2ccccc12. The number of hydrogen-bond acceptors (Lipinski definition) is 3. The van der Waals surface area contributed by atoms with E-state index in [0.29, 0.717) is 12.6 Å². The molecule has 0 spiro atoms. The highest BCUT2D eigenvalue weighted by Gasteiger charge is 2.15. The van der Waals surface area contributed by atoms with Gasteiger partial charge in [0.05, 0.1) is 11.2 Å². The zero-order valence-corrected chi connectivity index (χ0v) is 9.84. The van der Waals surface area contributed by atoms with Crippen molar-refractivity contribution in [3.63, 3.8) is 0 Å². The number of pyridine rings is 1. The van der Waals surface area contributed by atoms with E-state index in [-0.39, 0.29) is 5.82 Å². The number of rotatable bonds is 4. The Labute approximate surface area is 99.1 Å². The second-order valence-corrected chi connectivity index (χ2v) is 4.18. The lowest BCUT2D eigenvalue weighted by Crippen LogP contribution is -2.22. The first kappa shape index (κ1) is 11.6. The topological polar surface area (TPSA) is 66.6 Å². The Morgan fingerprint density at radius 3 is 2.94 bits per heavy atom. The van der Waals surface area contributed by atoms with Crippen molar-refractivity contribution in [3.8, 4) is 0 Å². The molecule has 0 fully saturated rings. The van der Waals surface area contributed by atoms with Crippen LogP contribution in [0.3, 0.4) is 0 Å². The lowest BCUT2D eigenvalue weighted by molar-refractivity contribution is 0.0682. The Morgan fingerprint density at radius 1 is 1.53 bits per heavy atom. The van der Waals surface area contributed by atoms with Gasteiger partial charge >= 0.3 is 5.97 Å². The van der Waals surface area contributed by atoms with E-state index in [1.54, 1.807) is 16.7 Å². The molecule has 0 aliphatic carbocycles. The molecule has 0 aliphatic rings. The fourth-order valence-corrected chi connectivity index (χ4v) is 1.68. The Morgan fingerprint density at radius 2 is 2.29 bits per heavy atom. The van der Waals surface area contributed by atoms with Crippen LogP contribution in [-0.4, -0.2) is 26.5 Å². The number of nitrogens with one attached hydrogen (secondary N) is 1. The van der Waals surface area contributed by atoms with Crippen LogP contribution in [0.1, 0.15) is 30.2 Å². The van der Waals surface area contributed by atoms with E-state index in [4.69, 9.17) is 5.11 Å². The molecular formula is C12H15N3O2. The molecule has 0 amide bonds. The standard InChI is InChI=1S/C12H15N3O2/c1-8(2)13-7-9-10-5-3-4-6-15(10)11(14-9)12(16)17/h3-6,8,13H,7H2,1-2H3,(H,16,17). The first-order chi connectivity index (χ1) is 8.09. The molecule has 0 aromatic carbocycles. The van der Waals surface area contributed by atoms with Crippen LogP contribution in [0.4, 0.5) is 0 Å². The van der Waals surface area contributed by atoms with Crippen LogP contribution in [0.15, 0.2) is 24.4 Å². The van der Waals surface area contributed by atoms with Gasteiger partial charge in [0.25, 0.3) is 0 Å². The quantitative estimate of drug-likeness (QED) is 0.840. The molecule has 0 atom stereocenters. The molecule has 0 saturated carbocycles. The van der Waals surface area contributed by atoms with Gasteiger partial charge in [0, 0.05) is 18.8 Å². The van der Waals surface area contributed by atoms with Gasteiger partial charge in [0.2, 0.25) is 5.82 Å². The fraction of sp³-hybridized carbons (Fsp3) is 0.333. The van der Waals surface area contributed by atoms with Gasteiger partial charge < -0.3 is 10.4 Å². The molecule has 2 N–H and O–H groups in total. The molecule has 2 rings (SSSR count). The summed E-state index contributed by atoms with van der Waals surface area (Å²) in [6, 6.07) is 5.88. The van der Waals surface area contributed by atoms with Gasteiger partial charge in [-0.05, 0) is 12.1 Å². The molecule has 0 radical (unpaired) electrons. The molecule has 5 nitrogen and oxygen atoms in total. The number of carbonyl (C=O) groups is 1. The number of hydrogen-bond donors (Lipinski definition) is 2. The Balaban J connectivity index is 2.45. The molecule has 0 saturated heterocycles. The summed E-state index contributed by atoms with van der Waals surface area (Å²) in [6.07, 6.45) is 1.71. The van der Waals surface area contributed by atoms with Crippen LogP contribution in [0.25, 0.3) is 5.52 Å². The van der Waals surface area contributed by atoms with Gasteiger partial charge in [-0.2, -0.15) is 0 Å². The molecule has 2 aromatic rings. The minimum atomic E-state index is -1.01. The first-order valence-corrected chi connectivity index (χ1v) is 5.52. The molecule has 90 valence electrons. The Hall–Kier alpha value is -1.88. The van der Waals surface area contributed by atoms with Gasteiger partial charge in [-0.1, -0.05) is 19.9 Å².